The van der Waals surface area contributed by atoms with Crippen LogP contribution in [0.15, 0.2) is 60.8 Å². The third kappa shape index (κ3) is 6.24. The van der Waals surface area contributed by atoms with Gasteiger partial charge in [0.1, 0.15) is 24.0 Å². The fourth-order valence-corrected chi connectivity index (χ4v) is 5.86. The second-order valence-corrected chi connectivity index (χ2v) is 11.1. The Bertz CT molecular complexity index is 1640. The number of alkyl halides is 2. The Balaban J connectivity index is 1.61. The number of nitrogens with one attached hydrogen (secondary N) is 1. The lowest BCUT2D eigenvalue weighted by Gasteiger charge is -2.37. The highest BCUT2D eigenvalue weighted by Crippen LogP contribution is 2.38. The number of pyridine rings is 1. The molecule has 2 aromatic carbocycles. The van der Waals surface area contributed by atoms with Gasteiger partial charge in [-0.3, -0.25) is 24.2 Å². The van der Waals surface area contributed by atoms with E-state index in [-0.39, 0.29) is 42.0 Å². The highest BCUT2D eigenvalue weighted by molar-refractivity contribution is 6.31. The number of carbonyl (C=O) groups is 3. The molecule has 44 heavy (non-hydrogen) atoms. The average molecular weight is 628 g/mol. The van der Waals surface area contributed by atoms with Crippen molar-refractivity contribution in [1.82, 2.24) is 10.3 Å². The minimum absolute atomic E-state index is 0.00697. The van der Waals surface area contributed by atoms with E-state index in [1.54, 1.807) is 18.2 Å². The number of amides is 3. The van der Waals surface area contributed by atoms with Crippen LogP contribution in [-0.4, -0.2) is 40.7 Å². The Kier molecular flexibility index (Phi) is 8.87. The van der Waals surface area contributed by atoms with E-state index in [2.05, 4.69) is 10.3 Å². The van der Waals surface area contributed by atoms with Crippen LogP contribution >= 0.6 is 11.6 Å². The molecule has 1 aliphatic heterocycles. The predicted octanol–water partition coefficient (Wildman–Crippen LogP) is 5.85. The largest absolute Gasteiger partial charge is 0.351 e. The molecule has 1 N–H and O–H groups in total. The fourth-order valence-electron chi connectivity index (χ4n) is 5.62. The summed E-state index contributed by atoms with van der Waals surface area (Å²) in [5.41, 5.74) is -0.310. The van der Waals surface area contributed by atoms with Crippen molar-refractivity contribution in [1.29, 1.82) is 5.26 Å². The van der Waals surface area contributed by atoms with Gasteiger partial charge in [-0.25, -0.2) is 22.5 Å². The van der Waals surface area contributed by atoms with E-state index >= 15 is 4.39 Å². The van der Waals surface area contributed by atoms with Gasteiger partial charge >= 0.3 is 0 Å². The van der Waals surface area contributed by atoms with Gasteiger partial charge in [0, 0.05) is 47.8 Å². The zero-order chi connectivity index (χ0) is 31.6. The Labute approximate surface area is 255 Å². The molecule has 8 nitrogen and oxygen atoms in total. The van der Waals surface area contributed by atoms with Crippen molar-refractivity contribution in [2.24, 2.45) is 0 Å². The van der Waals surface area contributed by atoms with Crippen molar-refractivity contribution in [2.75, 3.05) is 9.80 Å². The molecule has 2 fully saturated rings. The van der Waals surface area contributed by atoms with Gasteiger partial charge in [0.25, 0.3) is 5.91 Å². The SMILES string of the molecule is N#Cc1ccnc(N2C(=O)CCC2C(=O)N(c2cccc(F)c2)[C@H](C(=O)NC2CCC(F)(F)CC2)c2ccccc2Cl)c1F. The highest BCUT2D eigenvalue weighted by atomic mass is 35.5. The van der Waals surface area contributed by atoms with Crippen molar-refractivity contribution in [2.45, 2.75) is 62.6 Å². The maximum atomic E-state index is 15.2. The first-order valence-corrected chi connectivity index (χ1v) is 14.3. The summed E-state index contributed by atoms with van der Waals surface area (Å²) in [6.45, 7) is 0. The summed E-state index contributed by atoms with van der Waals surface area (Å²) in [7, 11) is 0. The smallest absolute Gasteiger partial charge is 0.251 e. The number of nitrogens with zero attached hydrogens (tertiary/aromatic N) is 4. The average Bonchev–Trinajstić information content (AvgIpc) is 3.38. The van der Waals surface area contributed by atoms with E-state index in [0.717, 1.165) is 34.2 Å². The number of aromatic nitrogens is 1. The summed E-state index contributed by atoms with van der Waals surface area (Å²) in [6, 6.07) is 10.3. The monoisotopic (exact) mass is 627 g/mol. The number of anilines is 2. The van der Waals surface area contributed by atoms with Crippen LogP contribution in [-0.2, 0) is 14.4 Å². The molecule has 1 saturated heterocycles. The molecule has 1 aromatic heterocycles. The number of carbonyl (C=O) groups excluding carboxylic acids is 3. The van der Waals surface area contributed by atoms with Gasteiger partial charge in [0.15, 0.2) is 11.6 Å². The topological polar surface area (TPSA) is 106 Å². The Morgan fingerprint density at radius 3 is 2.50 bits per heavy atom. The number of benzene rings is 2. The maximum absolute atomic E-state index is 15.2. The molecule has 228 valence electrons. The normalized spacial score (nSPS) is 18.9. The fraction of sp³-hybridized carbons (Fsp3) is 0.323. The number of hydrogen-bond donors (Lipinski definition) is 1. The molecule has 0 bridgehead atoms. The van der Waals surface area contributed by atoms with E-state index in [0.29, 0.717) is 0 Å². The molecule has 0 radical (unpaired) electrons. The lowest BCUT2D eigenvalue weighted by atomic mass is 9.91. The molecule has 13 heteroatoms. The minimum atomic E-state index is -2.85. The van der Waals surface area contributed by atoms with Gasteiger partial charge in [-0.15, -0.1) is 0 Å². The van der Waals surface area contributed by atoms with Gasteiger partial charge in [-0.05, 0) is 49.6 Å². The molecular weight excluding hydrogens is 602 g/mol. The lowest BCUT2D eigenvalue weighted by molar-refractivity contribution is -0.128. The van der Waals surface area contributed by atoms with Crippen LogP contribution in [0.1, 0.15) is 55.7 Å². The molecule has 1 aliphatic carbocycles. The number of rotatable bonds is 7. The first-order chi connectivity index (χ1) is 21.0. The second-order valence-electron chi connectivity index (χ2n) is 10.7. The first kappa shape index (κ1) is 30.9. The van der Waals surface area contributed by atoms with E-state index in [9.17, 15) is 32.8 Å². The number of hydrogen-bond acceptors (Lipinski definition) is 5. The molecule has 0 spiro atoms. The summed E-state index contributed by atoms with van der Waals surface area (Å²) in [5.74, 6) is -7.51. The first-order valence-electron chi connectivity index (χ1n) is 13.9. The van der Waals surface area contributed by atoms with Crippen LogP contribution < -0.4 is 15.1 Å². The van der Waals surface area contributed by atoms with Crippen LogP contribution in [0.3, 0.4) is 0 Å². The second kappa shape index (κ2) is 12.6. The van der Waals surface area contributed by atoms with Gasteiger partial charge in [-0.2, -0.15) is 5.26 Å². The number of halogens is 5. The Morgan fingerprint density at radius 2 is 1.82 bits per heavy atom. The molecule has 5 rings (SSSR count). The van der Waals surface area contributed by atoms with E-state index in [1.165, 1.54) is 24.3 Å². The van der Waals surface area contributed by atoms with Crippen molar-refractivity contribution in [3.05, 3.63) is 88.6 Å². The van der Waals surface area contributed by atoms with Gasteiger partial charge < -0.3 is 5.32 Å². The standard InChI is InChI=1S/C31H26ClF4N5O3/c32-23-7-2-1-6-22(23)27(29(43)39-20-10-13-31(35,36)14-11-20)40(21-5-3-4-19(33)16-21)30(44)24-8-9-25(42)41(24)28-26(34)18(17-37)12-15-38-28/h1-7,12,15-16,20,24,27H,8-11,13-14H2,(H,39,43)/t24?,27-/m0/s1. The Hall–Kier alpha value is -4.50. The molecular formula is C31H26ClF4N5O3. The minimum Gasteiger partial charge on any atom is -0.351 e. The maximum Gasteiger partial charge on any atom is 0.251 e. The summed E-state index contributed by atoms with van der Waals surface area (Å²) in [6.07, 6.45) is -0.0238. The van der Waals surface area contributed by atoms with Crippen molar-refractivity contribution < 1.29 is 31.9 Å². The molecule has 3 aromatic rings. The summed E-state index contributed by atoms with van der Waals surface area (Å²) < 4.78 is 57.5. The molecule has 2 aliphatic rings. The van der Waals surface area contributed by atoms with Crippen molar-refractivity contribution in [3.63, 3.8) is 0 Å². The number of nitriles is 1. The van der Waals surface area contributed by atoms with E-state index in [1.807, 2.05) is 0 Å². The summed E-state index contributed by atoms with van der Waals surface area (Å²) >= 11 is 6.53. The zero-order valence-corrected chi connectivity index (χ0v) is 23.9. The van der Waals surface area contributed by atoms with Crippen LogP contribution in [0.2, 0.25) is 5.02 Å². The highest BCUT2D eigenvalue weighted by Gasteiger charge is 2.46. The Morgan fingerprint density at radius 1 is 1.09 bits per heavy atom. The lowest BCUT2D eigenvalue weighted by Crippen LogP contribution is -2.53. The summed E-state index contributed by atoms with van der Waals surface area (Å²) in [4.78, 5) is 47.4. The van der Waals surface area contributed by atoms with Crippen LogP contribution in [0, 0.1) is 23.0 Å². The molecule has 1 saturated carbocycles. The molecule has 2 atom stereocenters. The van der Waals surface area contributed by atoms with Gasteiger partial charge in [0.05, 0.1) is 5.56 Å². The van der Waals surface area contributed by atoms with Crippen molar-refractivity contribution in [3.8, 4) is 6.07 Å². The van der Waals surface area contributed by atoms with Gasteiger partial charge in [-0.1, -0.05) is 35.9 Å². The molecule has 1 unspecified atom stereocenters. The third-order valence-electron chi connectivity index (χ3n) is 7.81. The van der Waals surface area contributed by atoms with Gasteiger partial charge in [0.2, 0.25) is 17.7 Å². The third-order valence-corrected chi connectivity index (χ3v) is 8.15. The van der Waals surface area contributed by atoms with Crippen LogP contribution in [0.25, 0.3) is 0 Å². The quantitative estimate of drug-likeness (QED) is 0.331. The molecule has 3 amide bonds. The van der Waals surface area contributed by atoms with Crippen LogP contribution in [0.5, 0.6) is 0 Å². The molecule has 2 heterocycles. The summed E-state index contributed by atoms with van der Waals surface area (Å²) in [5, 5.41) is 12.2. The zero-order valence-electron chi connectivity index (χ0n) is 23.2. The van der Waals surface area contributed by atoms with E-state index < -0.39 is 77.6 Å². The van der Waals surface area contributed by atoms with Crippen molar-refractivity contribution >= 4 is 40.8 Å². The van der Waals surface area contributed by atoms with E-state index in [4.69, 9.17) is 11.6 Å². The van der Waals surface area contributed by atoms with Crippen LogP contribution in [0.4, 0.5) is 29.1 Å². The predicted molar refractivity (Wildman–Crippen MR) is 153 cm³/mol.